The zero-order chi connectivity index (χ0) is 12.6. The molecule has 3 rings (SSSR count). The van der Waals surface area contributed by atoms with Crippen LogP contribution in [-0.4, -0.2) is 24.6 Å². The van der Waals surface area contributed by atoms with Gasteiger partial charge >= 0.3 is 0 Å². The number of carbonyl (C=O) groups is 1. The van der Waals surface area contributed by atoms with Gasteiger partial charge in [-0.3, -0.25) is 4.79 Å². The largest absolute Gasteiger partial charge is 0.493 e. The topological polar surface area (TPSA) is 64.4 Å². The molecular weight excluding hydrogens is 264 g/mol. The predicted octanol–water partition coefficient (Wildman–Crippen LogP) is 1.58. The molecule has 3 N–H and O–H groups in total. The number of benzene rings is 1. The van der Waals surface area contributed by atoms with Gasteiger partial charge in [0.2, 0.25) is 5.91 Å². The molecule has 1 amide bonds. The Balaban J connectivity index is 0.00000133. The lowest BCUT2D eigenvalue weighted by Crippen LogP contribution is -2.44. The maximum atomic E-state index is 11.8. The third-order valence-corrected chi connectivity index (χ3v) is 3.83. The molecular formula is C14H19ClN2O2. The minimum absolute atomic E-state index is 0. The average molecular weight is 283 g/mol. The minimum atomic E-state index is -0.579. The molecule has 1 fully saturated rings. The Labute approximate surface area is 119 Å². The quantitative estimate of drug-likeness (QED) is 0.885. The Morgan fingerprint density at radius 1 is 1.42 bits per heavy atom. The van der Waals surface area contributed by atoms with Crippen LogP contribution in [0.25, 0.3) is 0 Å². The Morgan fingerprint density at radius 2 is 2.16 bits per heavy atom. The second-order valence-corrected chi connectivity index (χ2v) is 5.24. The number of nitrogens with one attached hydrogen (secondary N) is 1. The predicted molar refractivity (Wildman–Crippen MR) is 75.7 cm³/mol. The van der Waals surface area contributed by atoms with E-state index in [-0.39, 0.29) is 18.3 Å². The highest BCUT2D eigenvalue weighted by atomic mass is 35.5. The highest BCUT2D eigenvalue weighted by Crippen LogP contribution is 2.34. The summed E-state index contributed by atoms with van der Waals surface area (Å²) < 4.78 is 5.60. The first-order valence-electron chi connectivity index (χ1n) is 6.48. The van der Waals surface area contributed by atoms with Crippen LogP contribution in [0.2, 0.25) is 0 Å². The molecule has 1 aliphatic heterocycles. The molecule has 0 spiro atoms. The summed E-state index contributed by atoms with van der Waals surface area (Å²) in [7, 11) is 0. The average Bonchev–Trinajstić information content (AvgIpc) is 3.15. The molecule has 0 radical (unpaired) electrons. The van der Waals surface area contributed by atoms with Crippen molar-refractivity contribution in [1.82, 2.24) is 5.32 Å². The fourth-order valence-corrected chi connectivity index (χ4v) is 2.38. The number of carbonyl (C=O) groups excluding carboxylic acids is 1. The second-order valence-electron chi connectivity index (χ2n) is 5.24. The smallest absolute Gasteiger partial charge is 0.240 e. The highest BCUT2D eigenvalue weighted by molar-refractivity contribution is 5.89. The molecule has 104 valence electrons. The van der Waals surface area contributed by atoms with Crippen molar-refractivity contribution < 1.29 is 9.53 Å². The summed E-state index contributed by atoms with van der Waals surface area (Å²) in [5.74, 6) is 1.27. The van der Waals surface area contributed by atoms with Crippen molar-refractivity contribution in [2.45, 2.75) is 30.7 Å². The number of hydrogen-bond acceptors (Lipinski definition) is 3. The van der Waals surface area contributed by atoms with E-state index in [0.29, 0.717) is 19.1 Å². The van der Waals surface area contributed by atoms with Crippen molar-refractivity contribution in [3.05, 3.63) is 29.8 Å². The molecule has 1 unspecified atom stereocenters. The van der Waals surface area contributed by atoms with Gasteiger partial charge in [-0.2, -0.15) is 0 Å². The lowest BCUT2D eigenvalue weighted by Gasteiger charge is -2.26. The minimum Gasteiger partial charge on any atom is -0.493 e. The summed E-state index contributed by atoms with van der Waals surface area (Å²) in [5, 5.41) is 2.98. The van der Waals surface area contributed by atoms with Crippen molar-refractivity contribution in [3.63, 3.8) is 0 Å². The van der Waals surface area contributed by atoms with Gasteiger partial charge in [-0.25, -0.2) is 0 Å². The van der Waals surface area contributed by atoms with E-state index in [0.717, 1.165) is 25.0 Å². The van der Waals surface area contributed by atoms with Crippen molar-refractivity contribution in [2.75, 3.05) is 13.2 Å². The summed E-state index contributed by atoms with van der Waals surface area (Å²) in [6.07, 6.45) is 2.56. The van der Waals surface area contributed by atoms with Crippen LogP contribution in [-0.2, 0) is 4.79 Å². The van der Waals surface area contributed by atoms with Crippen LogP contribution in [0, 0.1) is 0 Å². The van der Waals surface area contributed by atoms with Gasteiger partial charge < -0.3 is 15.8 Å². The van der Waals surface area contributed by atoms with Gasteiger partial charge in [0.1, 0.15) is 5.75 Å². The summed E-state index contributed by atoms with van der Waals surface area (Å²) >= 11 is 0. The first kappa shape index (κ1) is 14.2. The lowest BCUT2D eigenvalue weighted by atomic mass is 9.93. The number of hydrogen-bond donors (Lipinski definition) is 2. The summed E-state index contributed by atoms with van der Waals surface area (Å²) in [6, 6.07) is 8.03. The van der Waals surface area contributed by atoms with Gasteiger partial charge in [0, 0.05) is 12.5 Å². The van der Waals surface area contributed by atoms with E-state index >= 15 is 0 Å². The molecule has 4 nitrogen and oxygen atoms in total. The van der Waals surface area contributed by atoms with Crippen LogP contribution >= 0.6 is 12.4 Å². The molecule has 0 aromatic heterocycles. The zero-order valence-electron chi connectivity index (χ0n) is 10.7. The van der Waals surface area contributed by atoms with Crippen molar-refractivity contribution >= 4 is 18.3 Å². The normalized spacial score (nSPS) is 22.5. The van der Waals surface area contributed by atoms with E-state index in [1.165, 1.54) is 5.56 Å². The standard InChI is InChI=1S/C14H18N2O2.ClH/c15-14(6-7-14)13(17)16-9-10-5-8-18-12-4-2-1-3-11(10)12;/h1-4,10H,5-9,15H2,(H,16,17);1H. The Hall–Kier alpha value is -1.26. The Morgan fingerprint density at radius 3 is 2.89 bits per heavy atom. The van der Waals surface area contributed by atoms with Crippen LogP contribution in [0.4, 0.5) is 0 Å². The molecule has 1 saturated carbocycles. The SMILES string of the molecule is Cl.NC1(C(=O)NCC2CCOc3ccccc32)CC1. The van der Waals surface area contributed by atoms with Crippen LogP contribution in [0.5, 0.6) is 5.75 Å². The van der Waals surface area contributed by atoms with Gasteiger partial charge in [0.25, 0.3) is 0 Å². The summed E-state index contributed by atoms with van der Waals surface area (Å²) in [4.78, 5) is 11.8. The molecule has 19 heavy (non-hydrogen) atoms. The number of amides is 1. The first-order chi connectivity index (χ1) is 8.69. The molecule has 1 aromatic rings. The molecule has 1 aromatic carbocycles. The van der Waals surface area contributed by atoms with Gasteiger partial charge in [-0.15, -0.1) is 12.4 Å². The third-order valence-electron chi connectivity index (χ3n) is 3.83. The highest BCUT2D eigenvalue weighted by Gasteiger charge is 2.45. The molecule has 1 atom stereocenters. The number of rotatable bonds is 3. The van der Waals surface area contributed by atoms with Gasteiger partial charge in [0.05, 0.1) is 12.1 Å². The molecule has 5 heteroatoms. The van der Waals surface area contributed by atoms with E-state index in [1.54, 1.807) is 0 Å². The van der Waals surface area contributed by atoms with E-state index < -0.39 is 5.54 Å². The lowest BCUT2D eigenvalue weighted by molar-refractivity contribution is -0.123. The Kier molecular flexibility index (Phi) is 4.02. The third kappa shape index (κ3) is 2.85. The van der Waals surface area contributed by atoms with Crippen molar-refractivity contribution in [2.24, 2.45) is 5.73 Å². The fourth-order valence-electron chi connectivity index (χ4n) is 2.38. The van der Waals surface area contributed by atoms with Crippen LogP contribution in [0.15, 0.2) is 24.3 Å². The number of para-hydroxylation sites is 1. The zero-order valence-corrected chi connectivity index (χ0v) is 11.5. The molecule has 1 aliphatic carbocycles. The second kappa shape index (κ2) is 5.39. The van der Waals surface area contributed by atoms with Crippen LogP contribution in [0.3, 0.4) is 0 Å². The summed E-state index contributed by atoms with van der Waals surface area (Å²) in [5.41, 5.74) is 6.47. The van der Waals surface area contributed by atoms with Gasteiger partial charge in [-0.1, -0.05) is 18.2 Å². The monoisotopic (exact) mass is 282 g/mol. The molecule has 0 bridgehead atoms. The maximum absolute atomic E-state index is 11.8. The first-order valence-corrected chi connectivity index (χ1v) is 6.48. The summed E-state index contributed by atoms with van der Waals surface area (Å²) in [6.45, 7) is 1.36. The van der Waals surface area contributed by atoms with E-state index in [2.05, 4.69) is 11.4 Å². The van der Waals surface area contributed by atoms with Crippen molar-refractivity contribution in [1.29, 1.82) is 0 Å². The number of nitrogens with two attached hydrogens (primary N) is 1. The van der Waals surface area contributed by atoms with Crippen LogP contribution in [0.1, 0.15) is 30.7 Å². The van der Waals surface area contributed by atoms with E-state index in [4.69, 9.17) is 10.5 Å². The number of ether oxygens (including phenoxy) is 1. The molecule has 0 saturated heterocycles. The maximum Gasteiger partial charge on any atom is 0.240 e. The van der Waals surface area contributed by atoms with E-state index in [9.17, 15) is 4.79 Å². The number of halogens is 1. The molecule has 2 aliphatic rings. The van der Waals surface area contributed by atoms with Crippen molar-refractivity contribution in [3.8, 4) is 5.75 Å². The molecule has 1 heterocycles. The Bertz CT molecular complexity index is 474. The fraction of sp³-hybridized carbons (Fsp3) is 0.500. The van der Waals surface area contributed by atoms with Gasteiger partial charge in [0.15, 0.2) is 0 Å². The van der Waals surface area contributed by atoms with Gasteiger partial charge in [-0.05, 0) is 30.9 Å². The number of fused-ring (bicyclic) bond motifs is 1. The van der Waals surface area contributed by atoms with Crippen LogP contribution < -0.4 is 15.8 Å². The van der Waals surface area contributed by atoms with E-state index in [1.807, 2.05) is 18.2 Å².